The lowest BCUT2D eigenvalue weighted by Gasteiger charge is -2.01. The van der Waals surface area contributed by atoms with Gasteiger partial charge >= 0.3 is 0 Å². The molecule has 0 aliphatic rings. The number of aromatic hydroxyl groups is 2. The van der Waals surface area contributed by atoms with Crippen LogP contribution in [0.2, 0.25) is 0 Å². The molecule has 0 aliphatic heterocycles. The van der Waals surface area contributed by atoms with E-state index in [9.17, 15) is 9.90 Å². The van der Waals surface area contributed by atoms with Gasteiger partial charge in [0.1, 0.15) is 0 Å². The molecule has 0 aliphatic carbocycles. The molecular weight excluding hydrogens is 268 g/mol. The molecule has 5 heteroatoms. The third-order valence-electron chi connectivity index (χ3n) is 3.16. The van der Waals surface area contributed by atoms with Crippen LogP contribution in [0.15, 0.2) is 23.3 Å². The first kappa shape index (κ1) is 17.0. The van der Waals surface area contributed by atoms with Crippen molar-refractivity contribution < 1.29 is 15.0 Å². The summed E-state index contributed by atoms with van der Waals surface area (Å²) in [4.78, 5) is 11.5. The predicted molar refractivity (Wildman–Crippen MR) is 83.5 cm³/mol. The van der Waals surface area contributed by atoms with Gasteiger partial charge in [0.05, 0.1) is 6.21 Å². The van der Waals surface area contributed by atoms with Gasteiger partial charge in [-0.1, -0.05) is 39.0 Å². The molecule has 0 aromatic heterocycles. The van der Waals surface area contributed by atoms with Crippen LogP contribution in [-0.4, -0.2) is 22.3 Å². The van der Waals surface area contributed by atoms with E-state index >= 15 is 0 Å². The van der Waals surface area contributed by atoms with Crippen LogP contribution in [0.5, 0.6) is 11.5 Å². The van der Waals surface area contributed by atoms with Crippen LogP contribution >= 0.6 is 0 Å². The number of hydrogen-bond donors (Lipinski definition) is 3. The zero-order chi connectivity index (χ0) is 15.5. The fraction of sp³-hybridized carbons (Fsp3) is 0.500. The van der Waals surface area contributed by atoms with Crippen LogP contribution in [0.4, 0.5) is 0 Å². The van der Waals surface area contributed by atoms with Crippen molar-refractivity contribution in [2.45, 2.75) is 51.9 Å². The number of carbonyl (C=O) groups is 1. The van der Waals surface area contributed by atoms with Crippen LogP contribution in [0.1, 0.15) is 57.4 Å². The Hall–Kier alpha value is -2.04. The number of hydrazone groups is 1. The summed E-state index contributed by atoms with van der Waals surface area (Å²) in [5.74, 6) is -0.499. The maximum atomic E-state index is 11.5. The number of nitrogens with one attached hydrogen (secondary N) is 1. The molecule has 0 spiro atoms. The van der Waals surface area contributed by atoms with Gasteiger partial charge in [-0.3, -0.25) is 4.79 Å². The highest BCUT2D eigenvalue weighted by atomic mass is 16.3. The minimum absolute atomic E-state index is 0.107. The third-order valence-corrected chi connectivity index (χ3v) is 3.16. The van der Waals surface area contributed by atoms with Crippen molar-refractivity contribution >= 4 is 12.1 Å². The van der Waals surface area contributed by atoms with Crippen LogP contribution in [0.25, 0.3) is 0 Å². The Balaban J connectivity index is 2.20. The lowest BCUT2D eigenvalue weighted by atomic mass is 10.1. The molecule has 5 nitrogen and oxygen atoms in total. The molecule has 116 valence electrons. The van der Waals surface area contributed by atoms with Crippen LogP contribution in [0.3, 0.4) is 0 Å². The molecule has 0 saturated carbocycles. The van der Waals surface area contributed by atoms with E-state index in [1.807, 2.05) is 0 Å². The highest BCUT2D eigenvalue weighted by Gasteiger charge is 2.00. The highest BCUT2D eigenvalue weighted by molar-refractivity contribution is 5.83. The van der Waals surface area contributed by atoms with E-state index in [1.54, 1.807) is 6.07 Å². The zero-order valence-electron chi connectivity index (χ0n) is 12.5. The Morgan fingerprint density at radius 1 is 1.14 bits per heavy atom. The van der Waals surface area contributed by atoms with Crippen molar-refractivity contribution in [1.82, 2.24) is 5.43 Å². The fourth-order valence-electron chi connectivity index (χ4n) is 1.92. The normalized spacial score (nSPS) is 10.9. The molecule has 1 aromatic rings. The van der Waals surface area contributed by atoms with Gasteiger partial charge in [-0.2, -0.15) is 5.10 Å². The zero-order valence-corrected chi connectivity index (χ0v) is 12.5. The van der Waals surface area contributed by atoms with E-state index in [2.05, 4.69) is 17.5 Å². The Bertz CT molecular complexity index is 473. The Morgan fingerprint density at radius 3 is 2.57 bits per heavy atom. The standard InChI is InChI=1S/C16H24N2O3/c1-2-3-4-5-6-7-8-16(21)18-17-12-13-9-10-14(19)15(20)11-13/h9-12,19-20H,2-8H2,1H3,(H,18,21)/b17-12+. The maximum Gasteiger partial charge on any atom is 0.240 e. The number of hydrogen-bond acceptors (Lipinski definition) is 4. The number of phenolic OH excluding ortho intramolecular Hbond substituents is 2. The number of nitrogens with zero attached hydrogens (tertiary/aromatic N) is 1. The summed E-state index contributed by atoms with van der Waals surface area (Å²) in [5, 5.41) is 22.3. The molecule has 0 atom stereocenters. The minimum atomic E-state index is -0.211. The maximum absolute atomic E-state index is 11.5. The smallest absolute Gasteiger partial charge is 0.240 e. The minimum Gasteiger partial charge on any atom is -0.504 e. The summed E-state index contributed by atoms with van der Waals surface area (Å²) in [6, 6.07) is 4.34. The number of rotatable bonds is 9. The van der Waals surface area contributed by atoms with Gasteiger partial charge in [-0.15, -0.1) is 0 Å². The summed E-state index contributed by atoms with van der Waals surface area (Å²) in [7, 11) is 0. The molecule has 0 saturated heterocycles. The van der Waals surface area contributed by atoms with E-state index in [4.69, 9.17) is 5.11 Å². The second-order valence-electron chi connectivity index (χ2n) is 5.06. The second-order valence-corrected chi connectivity index (χ2v) is 5.06. The van der Waals surface area contributed by atoms with Crippen molar-refractivity contribution in [3.8, 4) is 11.5 Å². The molecule has 0 heterocycles. The highest BCUT2D eigenvalue weighted by Crippen LogP contribution is 2.23. The molecule has 1 rings (SSSR count). The van der Waals surface area contributed by atoms with E-state index in [0.29, 0.717) is 12.0 Å². The molecule has 1 amide bonds. The molecule has 0 bridgehead atoms. The van der Waals surface area contributed by atoms with E-state index in [-0.39, 0.29) is 17.4 Å². The SMILES string of the molecule is CCCCCCCCC(=O)N/N=C/c1ccc(O)c(O)c1. The molecule has 21 heavy (non-hydrogen) atoms. The van der Waals surface area contributed by atoms with Crippen LogP contribution in [0, 0.1) is 0 Å². The number of benzene rings is 1. The summed E-state index contributed by atoms with van der Waals surface area (Å²) in [6.45, 7) is 2.18. The quantitative estimate of drug-likeness (QED) is 0.283. The average Bonchev–Trinajstić information content (AvgIpc) is 2.46. The average molecular weight is 292 g/mol. The summed E-state index contributed by atoms with van der Waals surface area (Å²) < 4.78 is 0. The topological polar surface area (TPSA) is 81.9 Å². The van der Waals surface area contributed by atoms with Gasteiger partial charge in [0, 0.05) is 6.42 Å². The lowest BCUT2D eigenvalue weighted by Crippen LogP contribution is -2.16. The van der Waals surface area contributed by atoms with Crippen molar-refractivity contribution in [3.05, 3.63) is 23.8 Å². The van der Waals surface area contributed by atoms with Gasteiger partial charge in [0.15, 0.2) is 11.5 Å². The van der Waals surface area contributed by atoms with Crippen LogP contribution < -0.4 is 5.43 Å². The molecule has 3 N–H and O–H groups in total. The van der Waals surface area contributed by atoms with Crippen molar-refractivity contribution in [2.24, 2.45) is 5.10 Å². The van der Waals surface area contributed by atoms with Gasteiger partial charge in [0.2, 0.25) is 5.91 Å². The molecule has 0 radical (unpaired) electrons. The molecular formula is C16H24N2O3. The van der Waals surface area contributed by atoms with E-state index < -0.39 is 0 Å². The summed E-state index contributed by atoms with van der Waals surface area (Å²) in [6.07, 6.45) is 8.76. The van der Waals surface area contributed by atoms with Crippen molar-refractivity contribution in [3.63, 3.8) is 0 Å². The Kier molecular flexibility index (Phi) is 7.94. The van der Waals surface area contributed by atoms with Crippen molar-refractivity contribution in [1.29, 1.82) is 0 Å². The lowest BCUT2D eigenvalue weighted by molar-refractivity contribution is -0.121. The third kappa shape index (κ3) is 7.34. The first-order chi connectivity index (χ1) is 10.1. The molecule has 0 unspecified atom stereocenters. The van der Waals surface area contributed by atoms with Gasteiger partial charge in [0.25, 0.3) is 0 Å². The second kappa shape index (κ2) is 9.80. The van der Waals surface area contributed by atoms with Crippen LogP contribution in [-0.2, 0) is 4.79 Å². The van der Waals surface area contributed by atoms with E-state index in [0.717, 1.165) is 12.8 Å². The summed E-state index contributed by atoms with van der Waals surface area (Å²) in [5.41, 5.74) is 3.06. The van der Waals surface area contributed by atoms with E-state index in [1.165, 1.54) is 44.0 Å². The number of carbonyl (C=O) groups excluding carboxylic acids is 1. The molecule has 1 aromatic carbocycles. The monoisotopic (exact) mass is 292 g/mol. The van der Waals surface area contributed by atoms with Gasteiger partial charge < -0.3 is 10.2 Å². The predicted octanol–water partition coefficient (Wildman–Crippen LogP) is 3.30. The fourth-order valence-corrected chi connectivity index (χ4v) is 1.92. The van der Waals surface area contributed by atoms with Crippen molar-refractivity contribution in [2.75, 3.05) is 0 Å². The first-order valence-corrected chi connectivity index (χ1v) is 7.47. The number of amides is 1. The number of unbranched alkanes of at least 4 members (excludes halogenated alkanes) is 5. The first-order valence-electron chi connectivity index (χ1n) is 7.47. The Morgan fingerprint density at radius 2 is 1.86 bits per heavy atom. The van der Waals surface area contributed by atoms with Gasteiger partial charge in [-0.05, 0) is 30.2 Å². The number of phenols is 2. The summed E-state index contributed by atoms with van der Waals surface area (Å²) >= 11 is 0. The largest absolute Gasteiger partial charge is 0.504 e. The Labute approximate surface area is 125 Å². The molecule has 0 fully saturated rings. The van der Waals surface area contributed by atoms with Gasteiger partial charge in [-0.25, -0.2) is 5.43 Å².